The standard InChI is InChI=1S/C47H82N8O26/c1-23(59)26(4-2-3-7-48)54-31(62)16-53-30(61)6-5-24(44(75)51-10-13-78-47-43(74)40(71)37(68)29(22-58)81-47)14-25(60)15-52-34(65)19-55(17-32(63)49-8-11-76-45-41(72)38(69)35(66)27(20-56)79-45)18-33(64)50-9-12-77-46-42(73)39(70)36(67)28(21-57)80-46/h24,26-29,35-43,45-47,56-58,66-74H,2-22,48H2,1H3,(H,49,63)(H,50,64)(H,51,75)(H,52,65)(H,53,61)(H,54,62)/t24-,26+,27-,28-,29-,35-,36-,37-,38+,39+,40+,41+,42+,43+,45+,46+,47+/m1/s1. The average molecular weight is 1180 g/mol. The molecule has 466 valence electrons. The fourth-order valence-electron chi connectivity index (χ4n) is 8.34. The number of aliphatic hydroxyl groups excluding tert-OH is 12. The number of hydrogen-bond donors (Lipinski definition) is 19. The minimum atomic E-state index is -1.75. The average Bonchev–Trinajstić information content (AvgIpc) is 3.47. The monoisotopic (exact) mass is 1170 g/mol. The molecule has 0 aromatic heterocycles. The number of amides is 6. The zero-order valence-electron chi connectivity index (χ0n) is 44.8. The molecule has 0 spiro atoms. The Balaban J connectivity index is 1.64. The summed E-state index contributed by atoms with van der Waals surface area (Å²) in [5.41, 5.74) is 5.51. The summed E-state index contributed by atoms with van der Waals surface area (Å²) in [4.78, 5) is 105. The summed E-state index contributed by atoms with van der Waals surface area (Å²) in [5.74, 6) is -6.97. The van der Waals surface area contributed by atoms with Crippen molar-refractivity contribution in [2.75, 3.05) is 98.5 Å². The van der Waals surface area contributed by atoms with Crippen molar-refractivity contribution >= 4 is 47.0 Å². The molecule has 6 amide bonds. The van der Waals surface area contributed by atoms with Gasteiger partial charge in [-0.1, -0.05) is 0 Å². The molecule has 0 aromatic rings. The minimum absolute atomic E-state index is 0.265. The van der Waals surface area contributed by atoms with Gasteiger partial charge in [0.1, 0.15) is 73.2 Å². The second kappa shape index (κ2) is 36.8. The summed E-state index contributed by atoms with van der Waals surface area (Å²) >= 11 is 0. The van der Waals surface area contributed by atoms with Crippen LogP contribution in [-0.4, -0.2) is 310 Å². The van der Waals surface area contributed by atoms with Crippen LogP contribution >= 0.6 is 0 Å². The first-order valence-corrected chi connectivity index (χ1v) is 26.3. The number of Topliss-reactive ketones (excluding diaryl/α,β-unsaturated/α-hetero) is 2. The van der Waals surface area contributed by atoms with E-state index < -0.39 is 211 Å². The normalized spacial score (nSPS) is 29.2. The van der Waals surface area contributed by atoms with Gasteiger partial charge in [-0.25, -0.2) is 0 Å². The van der Waals surface area contributed by atoms with Gasteiger partial charge in [-0.15, -0.1) is 0 Å². The van der Waals surface area contributed by atoms with Crippen molar-refractivity contribution < 1.29 is 128 Å². The summed E-state index contributed by atoms with van der Waals surface area (Å²) in [5, 5.41) is 134. The molecule has 0 radical (unpaired) electrons. The Kier molecular flexibility index (Phi) is 32.1. The predicted octanol–water partition coefficient (Wildman–Crippen LogP) is -12.1. The van der Waals surface area contributed by atoms with E-state index in [4.69, 9.17) is 34.2 Å². The summed E-state index contributed by atoms with van der Waals surface area (Å²) in [7, 11) is 0. The predicted molar refractivity (Wildman–Crippen MR) is 269 cm³/mol. The lowest BCUT2D eigenvalue weighted by molar-refractivity contribution is -0.300. The van der Waals surface area contributed by atoms with Crippen LogP contribution in [0.4, 0.5) is 0 Å². The van der Waals surface area contributed by atoms with Crippen LogP contribution in [0.15, 0.2) is 0 Å². The van der Waals surface area contributed by atoms with Crippen molar-refractivity contribution in [3.8, 4) is 0 Å². The smallest absolute Gasteiger partial charge is 0.239 e. The number of carbonyl (C=O) groups is 8. The third kappa shape index (κ3) is 23.9. The molecule has 0 unspecified atom stereocenters. The summed E-state index contributed by atoms with van der Waals surface area (Å²) in [6.07, 6.45) is -23.5. The SMILES string of the molecule is CC(=O)[C@H](CCCCN)NC(=O)CNC(=O)CC[C@H](CC(=O)CNC(=O)CN(CC(=O)NCCO[C@H]1O[C@H](CO)[C@@H](O)[C@H](O)[C@@H]1O)CC(=O)NCCO[C@H]1O[C@H](CO)[C@@H](O)[C@H](O)[C@@H]1O)C(=O)NCCO[C@H]1O[C@H](CO)[C@@H](O)[C@H](O)[C@@H]1O. The van der Waals surface area contributed by atoms with Gasteiger partial charge < -0.3 is 127 Å². The van der Waals surface area contributed by atoms with Crippen LogP contribution in [-0.2, 0) is 66.8 Å². The van der Waals surface area contributed by atoms with Crippen molar-refractivity contribution in [3.05, 3.63) is 0 Å². The molecule has 81 heavy (non-hydrogen) atoms. The molecule has 3 fully saturated rings. The number of hydrogen-bond acceptors (Lipinski definition) is 28. The fraction of sp³-hybridized carbons (Fsp3) is 0.830. The van der Waals surface area contributed by atoms with Gasteiger partial charge in [-0.05, 0) is 39.2 Å². The molecule has 3 heterocycles. The van der Waals surface area contributed by atoms with Gasteiger partial charge in [0.25, 0.3) is 0 Å². The number of aliphatic hydroxyl groups is 12. The number of nitrogens with two attached hydrogens (primary N) is 1. The second-order valence-corrected chi connectivity index (χ2v) is 19.4. The van der Waals surface area contributed by atoms with Crippen LogP contribution in [0.5, 0.6) is 0 Å². The first kappa shape index (κ1) is 70.6. The van der Waals surface area contributed by atoms with Crippen molar-refractivity contribution in [2.24, 2.45) is 11.7 Å². The first-order chi connectivity index (χ1) is 38.5. The lowest BCUT2D eigenvalue weighted by Gasteiger charge is -2.39. The maximum absolute atomic E-state index is 13.5. The maximum Gasteiger partial charge on any atom is 0.239 e. The highest BCUT2D eigenvalue weighted by Crippen LogP contribution is 2.24. The number of rotatable bonds is 37. The Morgan fingerprint density at radius 3 is 1.32 bits per heavy atom. The van der Waals surface area contributed by atoms with Gasteiger partial charge in [-0.3, -0.25) is 43.3 Å². The number of unbranched alkanes of at least 4 members (excludes halogenated alkanes) is 1. The molecule has 3 aliphatic rings. The van der Waals surface area contributed by atoms with Gasteiger partial charge in [0.15, 0.2) is 30.4 Å². The zero-order chi connectivity index (χ0) is 60.3. The van der Waals surface area contributed by atoms with Gasteiger partial charge in [-0.2, -0.15) is 0 Å². The van der Waals surface area contributed by atoms with E-state index in [1.807, 2.05) is 0 Å². The largest absolute Gasteiger partial charge is 0.394 e. The topological polar surface area (TPSA) is 536 Å². The highest BCUT2D eigenvalue weighted by atomic mass is 16.7. The van der Waals surface area contributed by atoms with E-state index >= 15 is 0 Å². The lowest BCUT2D eigenvalue weighted by Crippen LogP contribution is -2.59. The second-order valence-electron chi connectivity index (χ2n) is 19.4. The van der Waals surface area contributed by atoms with Crippen LogP contribution in [0.2, 0.25) is 0 Å². The van der Waals surface area contributed by atoms with E-state index in [-0.39, 0.29) is 51.7 Å². The summed E-state index contributed by atoms with van der Waals surface area (Å²) in [6, 6.07) is -0.810. The van der Waals surface area contributed by atoms with Crippen molar-refractivity contribution in [1.29, 1.82) is 0 Å². The fourth-order valence-corrected chi connectivity index (χ4v) is 8.34. The van der Waals surface area contributed by atoms with Gasteiger partial charge in [0.2, 0.25) is 35.4 Å². The zero-order valence-corrected chi connectivity index (χ0v) is 44.8. The molecule has 0 saturated carbocycles. The van der Waals surface area contributed by atoms with Crippen molar-refractivity contribution in [1.82, 2.24) is 36.8 Å². The van der Waals surface area contributed by atoms with E-state index in [2.05, 4.69) is 31.9 Å². The molecule has 17 atom stereocenters. The summed E-state index contributed by atoms with van der Waals surface area (Å²) in [6.45, 7) is -5.61. The van der Waals surface area contributed by atoms with E-state index in [9.17, 15) is 99.6 Å². The number of nitrogens with one attached hydrogen (secondary N) is 6. The molecule has 34 heteroatoms. The maximum atomic E-state index is 13.5. The first-order valence-electron chi connectivity index (χ1n) is 26.3. The Morgan fingerprint density at radius 1 is 0.506 bits per heavy atom. The van der Waals surface area contributed by atoms with Crippen LogP contribution in [0.3, 0.4) is 0 Å². The van der Waals surface area contributed by atoms with E-state index in [0.717, 1.165) is 4.90 Å². The molecule has 20 N–H and O–H groups in total. The number of ketones is 2. The minimum Gasteiger partial charge on any atom is -0.394 e. The molecular formula is C47H82N8O26. The van der Waals surface area contributed by atoms with Gasteiger partial charge >= 0.3 is 0 Å². The highest BCUT2D eigenvalue weighted by Gasteiger charge is 2.46. The quantitative estimate of drug-likeness (QED) is 0.0257. The van der Waals surface area contributed by atoms with Crippen LogP contribution in [0, 0.1) is 5.92 Å². The number of nitrogens with zero attached hydrogens (tertiary/aromatic N) is 1. The molecule has 0 aliphatic carbocycles. The third-order valence-corrected chi connectivity index (χ3v) is 13.0. The Hall–Kier alpha value is -4.64. The Morgan fingerprint density at radius 2 is 0.914 bits per heavy atom. The van der Waals surface area contributed by atoms with Crippen LogP contribution in [0.1, 0.15) is 45.4 Å². The van der Waals surface area contributed by atoms with Crippen molar-refractivity contribution in [3.63, 3.8) is 0 Å². The van der Waals surface area contributed by atoms with Gasteiger partial charge in [0.05, 0.1) is 78.4 Å². The molecule has 3 saturated heterocycles. The molecule has 0 bridgehead atoms. The third-order valence-electron chi connectivity index (χ3n) is 13.0. The van der Waals surface area contributed by atoms with Gasteiger partial charge in [0, 0.05) is 38.4 Å². The molecule has 3 aliphatic heterocycles. The van der Waals surface area contributed by atoms with Crippen LogP contribution in [0.25, 0.3) is 0 Å². The Bertz CT molecular complexity index is 1920. The molecule has 34 nitrogen and oxygen atoms in total. The van der Waals surface area contributed by atoms with E-state index in [1.165, 1.54) is 6.92 Å². The van der Waals surface area contributed by atoms with Crippen molar-refractivity contribution in [2.45, 2.75) is 144 Å². The molecule has 3 rings (SSSR count). The molecular weight excluding hydrogens is 1090 g/mol. The van der Waals surface area contributed by atoms with Crippen LogP contribution < -0.4 is 37.6 Å². The number of carbonyl (C=O) groups excluding carboxylic acids is 8. The summed E-state index contributed by atoms with van der Waals surface area (Å²) < 4.78 is 31.9. The molecule has 0 aromatic carbocycles. The highest BCUT2D eigenvalue weighted by molar-refractivity contribution is 5.92. The van der Waals surface area contributed by atoms with E-state index in [1.54, 1.807) is 0 Å². The number of ether oxygens (including phenoxy) is 6. The lowest BCUT2D eigenvalue weighted by atomic mass is 9.95. The Labute approximate surface area is 464 Å². The van der Waals surface area contributed by atoms with E-state index in [0.29, 0.717) is 25.8 Å².